The van der Waals surface area contributed by atoms with E-state index in [2.05, 4.69) is 35.6 Å². The molecule has 162 valence electrons. The van der Waals surface area contributed by atoms with Crippen LogP contribution in [0.1, 0.15) is 36.0 Å². The monoisotopic (exact) mass is 418 g/mol. The van der Waals surface area contributed by atoms with Gasteiger partial charge in [0.25, 0.3) is 0 Å². The zero-order valence-corrected chi connectivity index (χ0v) is 18.0. The number of benzene rings is 3. The maximum Gasteiger partial charge on any atom is 0.313 e. The molecule has 3 aromatic rings. The Morgan fingerprint density at radius 3 is 2.42 bits per heavy atom. The third kappa shape index (κ3) is 5.24. The first kappa shape index (κ1) is 21.3. The number of ether oxygens (including phenoxy) is 2. The maximum absolute atomic E-state index is 12.8. The van der Waals surface area contributed by atoms with Crippen molar-refractivity contribution in [3.8, 4) is 5.75 Å². The number of esters is 1. The molecule has 4 rings (SSSR count). The predicted molar refractivity (Wildman–Crippen MR) is 123 cm³/mol. The van der Waals surface area contributed by atoms with Gasteiger partial charge < -0.3 is 20.5 Å². The van der Waals surface area contributed by atoms with E-state index in [1.807, 2.05) is 37.3 Å². The van der Waals surface area contributed by atoms with Crippen molar-refractivity contribution in [3.05, 3.63) is 77.4 Å². The molecule has 1 unspecified atom stereocenters. The van der Waals surface area contributed by atoms with Crippen LogP contribution in [0.25, 0.3) is 10.8 Å². The normalized spacial score (nSPS) is 16.9. The average Bonchev–Trinajstić information content (AvgIpc) is 3.31. The lowest BCUT2D eigenvalue weighted by Crippen LogP contribution is -2.20. The Morgan fingerprint density at radius 1 is 1.06 bits per heavy atom. The molecule has 1 saturated heterocycles. The first-order chi connectivity index (χ1) is 15.2. The summed E-state index contributed by atoms with van der Waals surface area (Å²) in [6.07, 6.45) is 1.81. The van der Waals surface area contributed by atoms with Crippen molar-refractivity contribution in [3.63, 3.8) is 0 Å². The molecule has 31 heavy (non-hydrogen) atoms. The van der Waals surface area contributed by atoms with Gasteiger partial charge in [0.05, 0.1) is 12.5 Å². The van der Waals surface area contributed by atoms with Crippen molar-refractivity contribution in [2.24, 2.45) is 5.73 Å². The molecular weight excluding hydrogens is 388 g/mol. The SMILES string of the molecule is CCOC(=O)C(Cc1ccc2cc(CN)ccc2c1)c1ccc(O[C@H]2CCNC2)cc1. The van der Waals surface area contributed by atoms with Gasteiger partial charge in [-0.15, -0.1) is 0 Å². The largest absolute Gasteiger partial charge is 0.489 e. The molecular formula is C26H30N2O3. The number of rotatable bonds is 8. The summed E-state index contributed by atoms with van der Waals surface area (Å²) in [5.41, 5.74) is 8.91. The van der Waals surface area contributed by atoms with E-state index < -0.39 is 0 Å². The molecule has 5 heteroatoms. The van der Waals surface area contributed by atoms with Gasteiger partial charge in [-0.25, -0.2) is 0 Å². The summed E-state index contributed by atoms with van der Waals surface area (Å²) in [5, 5.41) is 5.60. The van der Waals surface area contributed by atoms with Crippen LogP contribution < -0.4 is 15.8 Å². The molecule has 1 fully saturated rings. The number of nitrogens with one attached hydrogen (secondary N) is 1. The molecule has 3 aromatic carbocycles. The van der Waals surface area contributed by atoms with Crippen LogP contribution in [0.4, 0.5) is 0 Å². The molecule has 2 atom stereocenters. The predicted octanol–water partition coefficient (Wildman–Crippen LogP) is 3.93. The first-order valence-electron chi connectivity index (χ1n) is 11.0. The molecule has 0 saturated carbocycles. The fourth-order valence-electron chi connectivity index (χ4n) is 4.11. The van der Waals surface area contributed by atoms with E-state index in [4.69, 9.17) is 15.2 Å². The van der Waals surface area contributed by atoms with Crippen LogP contribution in [0.15, 0.2) is 60.7 Å². The Hall–Kier alpha value is -2.89. The Kier molecular flexibility index (Phi) is 6.85. The van der Waals surface area contributed by atoms with Crippen LogP contribution in [-0.4, -0.2) is 31.8 Å². The number of carbonyl (C=O) groups is 1. The van der Waals surface area contributed by atoms with Crippen LogP contribution in [0.2, 0.25) is 0 Å². The number of nitrogens with two attached hydrogens (primary N) is 1. The molecule has 0 bridgehead atoms. The molecule has 0 amide bonds. The lowest BCUT2D eigenvalue weighted by atomic mass is 9.91. The van der Waals surface area contributed by atoms with Crippen molar-refractivity contribution in [1.82, 2.24) is 5.32 Å². The van der Waals surface area contributed by atoms with Crippen LogP contribution in [-0.2, 0) is 22.5 Å². The minimum absolute atomic E-state index is 0.199. The van der Waals surface area contributed by atoms with E-state index in [9.17, 15) is 4.79 Å². The lowest BCUT2D eigenvalue weighted by molar-refractivity contribution is -0.144. The molecule has 1 aliphatic heterocycles. The molecule has 1 aliphatic rings. The van der Waals surface area contributed by atoms with Gasteiger partial charge in [-0.05, 0) is 72.0 Å². The van der Waals surface area contributed by atoms with E-state index >= 15 is 0 Å². The molecule has 0 aliphatic carbocycles. The second-order valence-corrected chi connectivity index (χ2v) is 8.03. The first-order valence-corrected chi connectivity index (χ1v) is 11.0. The fraction of sp³-hybridized carbons (Fsp3) is 0.346. The Morgan fingerprint density at radius 2 is 1.77 bits per heavy atom. The molecule has 0 radical (unpaired) electrons. The Labute approximate surface area is 183 Å². The quantitative estimate of drug-likeness (QED) is 0.542. The van der Waals surface area contributed by atoms with Gasteiger partial charge in [-0.3, -0.25) is 4.79 Å². The zero-order valence-electron chi connectivity index (χ0n) is 18.0. The highest BCUT2D eigenvalue weighted by Crippen LogP contribution is 2.27. The van der Waals surface area contributed by atoms with Gasteiger partial charge in [-0.2, -0.15) is 0 Å². The molecule has 0 spiro atoms. The highest BCUT2D eigenvalue weighted by atomic mass is 16.5. The molecule has 3 N–H and O–H groups in total. The number of carbonyl (C=O) groups excluding carboxylic acids is 1. The van der Waals surface area contributed by atoms with Gasteiger partial charge in [0, 0.05) is 13.1 Å². The summed E-state index contributed by atoms with van der Waals surface area (Å²) >= 11 is 0. The fourth-order valence-corrected chi connectivity index (χ4v) is 4.11. The van der Waals surface area contributed by atoms with Gasteiger partial charge in [0.1, 0.15) is 11.9 Å². The summed E-state index contributed by atoms with van der Waals surface area (Å²) in [5.74, 6) is 0.277. The lowest BCUT2D eigenvalue weighted by Gasteiger charge is -2.18. The van der Waals surface area contributed by atoms with Gasteiger partial charge in [0.2, 0.25) is 0 Å². The van der Waals surface area contributed by atoms with Gasteiger partial charge in [-0.1, -0.05) is 42.5 Å². The third-order valence-corrected chi connectivity index (χ3v) is 5.82. The summed E-state index contributed by atoms with van der Waals surface area (Å²) in [7, 11) is 0. The maximum atomic E-state index is 12.8. The van der Waals surface area contributed by atoms with Crippen LogP contribution in [0.5, 0.6) is 5.75 Å². The molecule has 5 nitrogen and oxygen atoms in total. The number of hydrogen-bond donors (Lipinski definition) is 2. The van der Waals surface area contributed by atoms with E-state index in [0.29, 0.717) is 19.6 Å². The van der Waals surface area contributed by atoms with Crippen LogP contribution in [0.3, 0.4) is 0 Å². The summed E-state index contributed by atoms with van der Waals surface area (Å²) in [4.78, 5) is 12.8. The van der Waals surface area contributed by atoms with E-state index in [0.717, 1.165) is 52.7 Å². The smallest absolute Gasteiger partial charge is 0.313 e. The second kappa shape index (κ2) is 9.94. The molecule has 0 aromatic heterocycles. The van der Waals surface area contributed by atoms with Crippen molar-refractivity contribution in [2.75, 3.05) is 19.7 Å². The average molecular weight is 419 g/mol. The van der Waals surface area contributed by atoms with Crippen molar-refractivity contribution < 1.29 is 14.3 Å². The topological polar surface area (TPSA) is 73.6 Å². The summed E-state index contributed by atoms with van der Waals surface area (Å²) in [6.45, 7) is 4.60. The van der Waals surface area contributed by atoms with Crippen LogP contribution in [0, 0.1) is 0 Å². The standard InChI is InChI=1S/C26H30N2O3/c1-2-30-26(29)25(20-7-9-23(10-8-20)31-24-11-12-28-17-24)15-18-3-5-22-14-19(16-27)4-6-21(22)13-18/h3-10,13-14,24-25,28H,2,11-12,15-17,27H2,1H3/t24-,25?/m0/s1. The van der Waals surface area contributed by atoms with Gasteiger partial charge >= 0.3 is 5.97 Å². The minimum atomic E-state index is -0.358. The number of hydrogen-bond acceptors (Lipinski definition) is 5. The summed E-state index contributed by atoms with van der Waals surface area (Å²) < 4.78 is 11.4. The second-order valence-electron chi connectivity index (χ2n) is 8.03. The Bertz CT molecular complexity index is 1030. The highest BCUT2D eigenvalue weighted by Gasteiger charge is 2.23. The number of fused-ring (bicyclic) bond motifs is 1. The van der Waals surface area contributed by atoms with Crippen molar-refractivity contribution in [2.45, 2.75) is 38.3 Å². The zero-order chi connectivity index (χ0) is 21.6. The third-order valence-electron chi connectivity index (χ3n) is 5.82. The Balaban J connectivity index is 1.54. The van der Waals surface area contributed by atoms with Crippen LogP contribution >= 0.6 is 0 Å². The van der Waals surface area contributed by atoms with Crippen molar-refractivity contribution in [1.29, 1.82) is 0 Å². The van der Waals surface area contributed by atoms with E-state index in [1.54, 1.807) is 0 Å². The van der Waals surface area contributed by atoms with Gasteiger partial charge in [0.15, 0.2) is 0 Å². The van der Waals surface area contributed by atoms with Crippen molar-refractivity contribution >= 4 is 16.7 Å². The highest BCUT2D eigenvalue weighted by molar-refractivity contribution is 5.84. The van der Waals surface area contributed by atoms with E-state index in [-0.39, 0.29) is 18.0 Å². The van der Waals surface area contributed by atoms with E-state index in [1.165, 1.54) is 0 Å². The summed E-state index contributed by atoms with van der Waals surface area (Å²) in [6, 6.07) is 20.4. The minimum Gasteiger partial charge on any atom is -0.489 e. The molecule has 1 heterocycles.